The Bertz CT molecular complexity index is 2380. The highest BCUT2D eigenvalue weighted by Crippen LogP contribution is 2.48. The number of carbonyl (C=O) groups excluding carboxylic acids is 3. The van der Waals surface area contributed by atoms with Gasteiger partial charge >= 0.3 is 6.09 Å². The van der Waals surface area contributed by atoms with Crippen molar-refractivity contribution in [1.29, 1.82) is 0 Å². The number of aromatic amines is 2. The Balaban J connectivity index is 1.01. The first-order chi connectivity index (χ1) is 29.6. The molecule has 3 N–H and O–H groups in total. The van der Waals surface area contributed by atoms with Gasteiger partial charge in [-0.05, 0) is 111 Å². The average molecular weight is 829 g/mol. The van der Waals surface area contributed by atoms with Crippen LogP contribution in [0.2, 0.25) is 0 Å². The van der Waals surface area contributed by atoms with E-state index >= 15 is 0 Å². The van der Waals surface area contributed by atoms with E-state index in [4.69, 9.17) is 19.7 Å². The molecule has 0 radical (unpaired) electrons. The number of nitrogens with zero attached hydrogens (tertiary/aromatic N) is 7. The predicted molar refractivity (Wildman–Crippen MR) is 236 cm³/mol. The maximum absolute atomic E-state index is 13.9. The van der Waals surface area contributed by atoms with Crippen molar-refractivity contribution < 1.29 is 19.1 Å². The van der Waals surface area contributed by atoms with Gasteiger partial charge in [-0.2, -0.15) is 0 Å². The third kappa shape index (κ3) is 8.01. The summed E-state index contributed by atoms with van der Waals surface area (Å²) in [6, 6.07) is 16.8. The number of alkyl carbamates (subject to hydrolysis) is 1. The number of fused-ring (bicyclic) bond motifs is 2. The lowest BCUT2D eigenvalue weighted by Crippen LogP contribution is -2.51. The molecule has 0 saturated carbocycles. The minimum atomic E-state index is -0.692. The Morgan fingerprint density at radius 2 is 1.33 bits per heavy atom. The fraction of sp³-hybridized carbons (Fsp3) is 0.532. The highest BCUT2D eigenvalue weighted by atomic mass is 16.5. The fourth-order valence-corrected chi connectivity index (χ4v) is 10.3. The highest BCUT2D eigenvalue weighted by Gasteiger charge is 2.39. The molecule has 4 saturated heterocycles. The van der Waals surface area contributed by atoms with Gasteiger partial charge in [0, 0.05) is 32.6 Å². The number of hydrogen-bond acceptors (Lipinski definition) is 9. The second kappa shape index (κ2) is 17.0. The van der Waals surface area contributed by atoms with Gasteiger partial charge in [-0.15, -0.1) is 0 Å². The molecule has 2 aromatic carbocycles. The molecular formula is C47H60N10O4. The number of nitrogens with one attached hydrogen (secondary N) is 3. The molecule has 9 rings (SSSR count). The number of anilines is 2. The summed E-state index contributed by atoms with van der Waals surface area (Å²) in [7, 11) is 1.31. The average Bonchev–Trinajstić information content (AvgIpc) is 4.11. The number of methoxy groups -OCH3 is 1. The van der Waals surface area contributed by atoms with E-state index in [2.05, 4.69) is 87.5 Å². The largest absolute Gasteiger partial charge is 0.453 e. The van der Waals surface area contributed by atoms with E-state index in [1.54, 1.807) is 0 Å². The lowest BCUT2D eigenvalue weighted by molar-refractivity contribution is -0.135. The summed E-state index contributed by atoms with van der Waals surface area (Å²) in [5.41, 5.74) is 7.19. The van der Waals surface area contributed by atoms with Crippen LogP contribution in [-0.4, -0.2) is 92.0 Å². The molecule has 14 nitrogen and oxygen atoms in total. The third-order valence-electron chi connectivity index (χ3n) is 13.4. The normalized spacial score (nSPS) is 22.4. The first-order valence-corrected chi connectivity index (χ1v) is 22.5. The lowest BCUT2D eigenvalue weighted by atomic mass is 10.0. The first-order valence-electron chi connectivity index (χ1n) is 22.5. The molecule has 7 heterocycles. The molecular weight excluding hydrogens is 769 g/mol. The van der Waals surface area contributed by atoms with Crippen molar-refractivity contribution in [1.82, 2.24) is 40.0 Å². The summed E-state index contributed by atoms with van der Waals surface area (Å²) in [5, 5.41) is 2.75. The maximum atomic E-state index is 13.9. The van der Waals surface area contributed by atoms with Crippen LogP contribution >= 0.6 is 0 Å². The van der Waals surface area contributed by atoms with Crippen LogP contribution in [0.1, 0.15) is 132 Å². The van der Waals surface area contributed by atoms with Gasteiger partial charge in [0.25, 0.3) is 0 Å². The van der Waals surface area contributed by atoms with Gasteiger partial charge in [0.2, 0.25) is 11.8 Å². The monoisotopic (exact) mass is 828 g/mol. The first kappa shape index (κ1) is 40.7. The Kier molecular flexibility index (Phi) is 11.4. The molecule has 4 aliphatic rings. The van der Waals surface area contributed by atoms with Crippen LogP contribution < -0.4 is 15.1 Å². The molecule has 14 heteroatoms. The molecule has 322 valence electrons. The molecule has 61 heavy (non-hydrogen) atoms. The number of hydrogen-bond donors (Lipinski definition) is 3. The van der Waals surface area contributed by atoms with Gasteiger partial charge in [-0.25, -0.2) is 19.7 Å². The lowest BCUT2D eigenvalue weighted by Gasteiger charge is -2.33. The number of rotatable bonds is 11. The third-order valence-corrected chi connectivity index (χ3v) is 13.4. The number of imidazole rings is 2. The molecule has 3 aromatic heterocycles. The zero-order valence-electron chi connectivity index (χ0n) is 36.2. The van der Waals surface area contributed by atoms with E-state index in [0.717, 1.165) is 103 Å². The SMILES string of the molecule is COC(=O)N[C@H](C(=O)N1CCC[C@H]1c1nc2ccc([C@H]3CC[C@H](c4ccc5nc([C@@H]6CCCN6C(=O)CC(C)C)[nH]c5c4)N3c3ccc(N4CCCC4)nc3)cc2[nH]1)C(C)C. The minimum Gasteiger partial charge on any atom is -0.453 e. The molecule has 5 aromatic rings. The van der Waals surface area contributed by atoms with Crippen molar-refractivity contribution >= 4 is 51.5 Å². The van der Waals surface area contributed by atoms with Gasteiger partial charge in [-0.1, -0.05) is 39.8 Å². The zero-order valence-corrected chi connectivity index (χ0v) is 36.2. The van der Waals surface area contributed by atoms with Gasteiger partial charge in [0.1, 0.15) is 23.5 Å². The summed E-state index contributed by atoms with van der Waals surface area (Å²) in [5.74, 6) is 2.96. The summed E-state index contributed by atoms with van der Waals surface area (Å²) >= 11 is 0. The van der Waals surface area contributed by atoms with E-state index < -0.39 is 12.1 Å². The van der Waals surface area contributed by atoms with Crippen molar-refractivity contribution in [3.63, 3.8) is 0 Å². The topological polar surface area (TPSA) is 156 Å². The Labute approximate surface area is 357 Å². The number of carbonyl (C=O) groups is 3. The van der Waals surface area contributed by atoms with E-state index in [1.165, 1.54) is 31.1 Å². The zero-order chi connectivity index (χ0) is 42.4. The summed E-state index contributed by atoms with van der Waals surface area (Å²) in [6.07, 6.45) is 9.83. The highest BCUT2D eigenvalue weighted by molar-refractivity contribution is 5.87. The van der Waals surface area contributed by atoms with E-state index in [9.17, 15) is 14.4 Å². The minimum absolute atomic E-state index is 0.0228. The number of aromatic nitrogens is 5. The standard InChI is InChI=1S/C47H60N10O4/c1-28(2)24-42(58)55-22-8-10-39(55)44-49-33-15-12-30(25-35(33)51-44)37-17-18-38(57(37)32-14-19-41(48-27-32)54-20-6-7-21-54)31-13-16-34-36(26-31)52-45(50-34)40-11-9-23-56(40)46(59)43(29(3)4)53-47(60)61-5/h12-16,19,25-29,37-40,43H,6-11,17-18,20-24H2,1-5H3,(H,49,51)(H,50,52)(H,53,60)/t37-,38-,39+,40+,43+/m1/s1. The summed E-state index contributed by atoms with van der Waals surface area (Å²) in [4.78, 5) is 70.3. The Hall–Kier alpha value is -5.66. The molecule has 4 fully saturated rings. The molecule has 0 spiro atoms. The van der Waals surface area contributed by atoms with Crippen LogP contribution in [0.25, 0.3) is 22.1 Å². The Morgan fingerprint density at radius 1 is 0.738 bits per heavy atom. The molecule has 0 aliphatic carbocycles. The molecule has 3 amide bonds. The van der Waals surface area contributed by atoms with Crippen LogP contribution in [0.4, 0.5) is 16.3 Å². The second-order valence-corrected chi connectivity index (χ2v) is 18.3. The number of amides is 3. The predicted octanol–water partition coefficient (Wildman–Crippen LogP) is 8.27. The van der Waals surface area contributed by atoms with Gasteiger partial charge in [0.15, 0.2) is 0 Å². The molecule has 0 unspecified atom stereocenters. The van der Waals surface area contributed by atoms with Crippen LogP contribution in [0.5, 0.6) is 0 Å². The maximum Gasteiger partial charge on any atom is 0.407 e. The number of ether oxygens (including phenoxy) is 1. The quantitative estimate of drug-likeness (QED) is 0.119. The number of benzene rings is 2. The van der Waals surface area contributed by atoms with Crippen LogP contribution in [0, 0.1) is 11.8 Å². The van der Waals surface area contributed by atoms with Gasteiger partial charge < -0.3 is 39.6 Å². The van der Waals surface area contributed by atoms with E-state index in [1.807, 2.05) is 29.8 Å². The molecule has 4 aliphatic heterocycles. The van der Waals surface area contributed by atoms with Crippen LogP contribution in [0.15, 0.2) is 54.7 Å². The van der Waals surface area contributed by atoms with Gasteiger partial charge in [0.05, 0.1) is 65.2 Å². The van der Waals surface area contributed by atoms with Crippen LogP contribution in [0.3, 0.4) is 0 Å². The number of likely N-dealkylation sites (tertiary alicyclic amines) is 2. The fourth-order valence-electron chi connectivity index (χ4n) is 10.3. The van der Waals surface area contributed by atoms with E-state index in [-0.39, 0.29) is 41.9 Å². The second-order valence-electron chi connectivity index (χ2n) is 18.3. The molecule has 0 bridgehead atoms. The Morgan fingerprint density at radius 3 is 1.87 bits per heavy atom. The van der Waals surface area contributed by atoms with Crippen molar-refractivity contribution in [3.8, 4) is 0 Å². The van der Waals surface area contributed by atoms with Crippen LogP contribution in [-0.2, 0) is 14.3 Å². The number of pyridine rings is 1. The van der Waals surface area contributed by atoms with Crippen molar-refractivity contribution in [3.05, 3.63) is 77.5 Å². The summed E-state index contributed by atoms with van der Waals surface area (Å²) < 4.78 is 4.83. The van der Waals surface area contributed by atoms with Crippen molar-refractivity contribution in [2.45, 2.75) is 116 Å². The molecule has 5 atom stereocenters. The van der Waals surface area contributed by atoms with Gasteiger partial charge in [-0.3, -0.25) is 9.59 Å². The van der Waals surface area contributed by atoms with Crippen molar-refractivity contribution in [2.75, 3.05) is 43.1 Å². The van der Waals surface area contributed by atoms with Crippen molar-refractivity contribution in [2.24, 2.45) is 11.8 Å². The smallest absolute Gasteiger partial charge is 0.407 e. The summed E-state index contributed by atoms with van der Waals surface area (Å²) in [6.45, 7) is 11.5. The van der Waals surface area contributed by atoms with E-state index in [0.29, 0.717) is 18.9 Å². The number of H-pyrrole nitrogens is 2.